The molecule has 69 heavy (non-hydrogen) atoms. The number of fused-ring (bicyclic) bond motifs is 4. The zero-order valence-electron chi connectivity index (χ0n) is 37.8. The van der Waals surface area contributed by atoms with Crippen molar-refractivity contribution in [3.05, 3.63) is 133 Å². The van der Waals surface area contributed by atoms with E-state index in [1.54, 1.807) is 114 Å². The van der Waals surface area contributed by atoms with Crippen LogP contribution < -0.4 is 21.7 Å². The predicted molar refractivity (Wildman–Crippen MR) is 260 cm³/mol. The molecule has 2 fully saturated rings. The van der Waals surface area contributed by atoms with Crippen LogP contribution in [0.5, 0.6) is 0 Å². The normalized spacial score (nSPS) is 17.1. The average molecular weight is 971 g/mol. The summed E-state index contributed by atoms with van der Waals surface area (Å²) in [6.07, 6.45) is 11.7. The molecule has 2 aliphatic heterocycles. The number of nitrogens with one attached hydrogen (secondary N) is 3. The third-order valence-electron chi connectivity index (χ3n) is 12.2. The fourth-order valence-electron chi connectivity index (χ4n) is 8.62. The van der Waals surface area contributed by atoms with Crippen molar-refractivity contribution in [2.45, 2.75) is 70.9 Å². The minimum Gasteiger partial charge on any atom is -0.478 e. The molecule has 0 saturated heterocycles. The Balaban J connectivity index is 0.000000165. The van der Waals surface area contributed by atoms with Crippen molar-refractivity contribution in [3.8, 4) is 0 Å². The van der Waals surface area contributed by atoms with Crippen molar-refractivity contribution in [2.75, 3.05) is 21.7 Å². The molecular weight excluding hydrogens is 921 g/mol. The SMILES string of the molecule is Cn1ccc(N)n1.Cn1ccc(NC(=O)/C(=C/C2CCC(=O)CC2)c2ccc3c(c2)Nc2ccccc2S3(=O)=O)n1.O=C1CCC(/C=C(/C(=O)O)c2ccc3c(c2)Nc2ccccc2S3(=O)=O)CC1. The van der Waals surface area contributed by atoms with Gasteiger partial charge in [0.05, 0.1) is 47.9 Å². The number of para-hydroxylation sites is 2. The van der Waals surface area contributed by atoms with E-state index in [9.17, 15) is 41.1 Å². The van der Waals surface area contributed by atoms with Gasteiger partial charge < -0.3 is 26.8 Å². The molecular formula is C50H50N8O9S2. The van der Waals surface area contributed by atoms with Gasteiger partial charge in [0.1, 0.15) is 17.4 Å². The van der Waals surface area contributed by atoms with Gasteiger partial charge in [-0.25, -0.2) is 21.6 Å². The summed E-state index contributed by atoms with van der Waals surface area (Å²) < 4.78 is 55.2. The van der Waals surface area contributed by atoms with Crippen LogP contribution >= 0.6 is 0 Å². The number of carboxylic acid groups (broad SMARTS) is 1. The van der Waals surface area contributed by atoms with Crippen LogP contribution in [0.2, 0.25) is 0 Å². The summed E-state index contributed by atoms with van der Waals surface area (Å²) in [5, 5.41) is 26.8. The number of amides is 1. The second-order valence-corrected chi connectivity index (χ2v) is 20.9. The molecule has 0 radical (unpaired) electrons. The van der Waals surface area contributed by atoms with Crippen molar-refractivity contribution >= 4 is 88.6 Å². The van der Waals surface area contributed by atoms with E-state index in [2.05, 4.69) is 26.1 Å². The summed E-state index contributed by atoms with van der Waals surface area (Å²) in [7, 11) is -3.75. The summed E-state index contributed by atoms with van der Waals surface area (Å²) in [5.41, 5.74) is 8.58. The van der Waals surface area contributed by atoms with Gasteiger partial charge in [0.25, 0.3) is 5.91 Å². The molecule has 2 saturated carbocycles. The molecule has 0 atom stereocenters. The second kappa shape index (κ2) is 19.9. The maximum atomic E-state index is 13.3. The fourth-order valence-corrected chi connectivity index (χ4v) is 11.7. The lowest BCUT2D eigenvalue weighted by Gasteiger charge is -2.23. The molecule has 356 valence electrons. The van der Waals surface area contributed by atoms with Crippen LogP contribution in [0.1, 0.15) is 62.5 Å². The van der Waals surface area contributed by atoms with Gasteiger partial charge in [0.2, 0.25) is 19.7 Å². The largest absolute Gasteiger partial charge is 0.478 e. The average Bonchev–Trinajstić information content (AvgIpc) is 3.93. The molecule has 6 aromatic rings. The van der Waals surface area contributed by atoms with Crippen LogP contribution in [-0.2, 0) is 52.9 Å². The number of nitrogens with two attached hydrogens (primary N) is 1. The van der Waals surface area contributed by atoms with Crippen molar-refractivity contribution < 1.29 is 41.1 Å². The third kappa shape index (κ3) is 10.7. The van der Waals surface area contributed by atoms with Gasteiger partial charge in [0, 0.05) is 63.8 Å². The number of carboxylic acids is 1. The quantitative estimate of drug-likeness (QED) is 0.0952. The van der Waals surface area contributed by atoms with Crippen LogP contribution in [0, 0.1) is 11.8 Å². The molecule has 0 spiro atoms. The molecule has 2 aromatic heterocycles. The van der Waals surface area contributed by atoms with E-state index in [4.69, 9.17) is 5.73 Å². The monoisotopic (exact) mass is 970 g/mol. The highest BCUT2D eigenvalue weighted by atomic mass is 32.2. The number of hydrogen-bond donors (Lipinski definition) is 5. The number of nitrogens with zero attached hydrogens (tertiary/aromatic N) is 4. The molecule has 6 N–H and O–H groups in total. The number of carbonyl (C=O) groups excluding carboxylic acids is 3. The molecule has 17 nitrogen and oxygen atoms in total. The van der Waals surface area contributed by atoms with E-state index in [0.29, 0.717) is 102 Å². The second-order valence-electron chi connectivity index (χ2n) is 17.1. The maximum Gasteiger partial charge on any atom is 0.335 e. The number of hydrogen-bond acceptors (Lipinski definition) is 13. The van der Waals surface area contributed by atoms with Gasteiger partial charge in [-0.15, -0.1) is 0 Å². The minimum absolute atomic E-state index is 0.0252. The Morgan fingerprint density at radius 3 is 1.48 bits per heavy atom. The molecule has 0 unspecified atom stereocenters. The number of nitrogen functional groups attached to an aromatic ring is 1. The first-order valence-corrected chi connectivity index (χ1v) is 25.2. The van der Waals surface area contributed by atoms with Gasteiger partial charge in [-0.1, -0.05) is 48.6 Å². The summed E-state index contributed by atoms with van der Waals surface area (Å²) in [5.74, 6) is 0.139. The Morgan fingerprint density at radius 2 is 1.06 bits per heavy atom. The lowest BCUT2D eigenvalue weighted by Crippen LogP contribution is -2.18. The van der Waals surface area contributed by atoms with Gasteiger partial charge in [-0.3, -0.25) is 23.7 Å². The van der Waals surface area contributed by atoms with Crippen LogP contribution in [-0.4, -0.2) is 64.9 Å². The van der Waals surface area contributed by atoms with Gasteiger partial charge in [-0.2, -0.15) is 10.2 Å². The highest BCUT2D eigenvalue weighted by Gasteiger charge is 2.32. The van der Waals surface area contributed by atoms with E-state index >= 15 is 0 Å². The maximum absolute atomic E-state index is 13.3. The number of benzene rings is 4. The zero-order chi connectivity index (χ0) is 49.0. The van der Waals surface area contributed by atoms with Crippen molar-refractivity contribution in [2.24, 2.45) is 25.9 Å². The van der Waals surface area contributed by atoms with Gasteiger partial charge in [-0.05, 0) is 103 Å². The van der Waals surface area contributed by atoms with Crippen LogP contribution in [0.3, 0.4) is 0 Å². The molecule has 4 aromatic carbocycles. The van der Waals surface area contributed by atoms with Gasteiger partial charge >= 0.3 is 5.97 Å². The number of ketones is 2. The van der Waals surface area contributed by atoms with Crippen LogP contribution in [0.4, 0.5) is 34.4 Å². The van der Waals surface area contributed by atoms with E-state index in [-0.39, 0.29) is 54.5 Å². The Bertz CT molecular complexity index is 3260. The lowest BCUT2D eigenvalue weighted by molar-refractivity contribution is -0.130. The number of aliphatic carboxylic acids is 1. The van der Waals surface area contributed by atoms with Crippen molar-refractivity contribution in [1.82, 2.24) is 19.6 Å². The first kappa shape index (κ1) is 47.8. The minimum atomic E-state index is -3.68. The number of rotatable bonds is 7. The zero-order valence-corrected chi connectivity index (χ0v) is 39.4. The summed E-state index contributed by atoms with van der Waals surface area (Å²) in [4.78, 5) is 49.0. The van der Waals surface area contributed by atoms with Gasteiger partial charge in [0.15, 0.2) is 5.82 Å². The smallest absolute Gasteiger partial charge is 0.335 e. The molecule has 0 bridgehead atoms. The summed E-state index contributed by atoms with van der Waals surface area (Å²) in [6, 6.07) is 26.3. The number of aryl methyl sites for hydroxylation is 2. The topological polar surface area (TPSA) is 255 Å². The van der Waals surface area contributed by atoms with Crippen molar-refractivity contribution in [1.29, 1.82) is 0 Å². The highest BCUT2D eigenvalue weighted by Crippen LogP contribution is 2.42. The van der Waals surface area contributed by atoms with E-state index in [0.717, 1.165) is 0 Å². The van der Waals surface area contributed by atoms with E-state index in [1.165, 1.54) is 18.2 Å². The first-order chi connectivity index (χ1) is 33.0. The lowest BCUT2D eigenvalue weighted by atomic mass is 9.86. The Hall–Kier alpha value is -7.64. The highest BCUT2D eigenvalue weighted by molar-refractivity contribution is 7.92. The summed E-state index contributed by atoms with van der Waals surface area (Å²) in [6.45, 7) is 0. The number of sulfone groups is 2. The number of aromatic nitrogens is 4. The van der Waals surface area contributed by atoms with Crippen LogP contribution in [0.15, 0.2) is 141 Å². The Morgan fingerprint density at radius 1 is 0.623 bits per heavy atom. The van der Waals surface area contributed by atoms with Crippen molar-refractivity contribution in [3.63, 3.8) is 0 Å². The molecule has 2 aliphatic carbocycles. The fraction of sp³-hybridized carbons (Fsp3) is 0.240. The van der Waals surface area contributed by atoms with E-state index < -0.39 is 25.6 Å². The standard InChI is InChI=1S/C25H24N4O4S.C21H19NO5S.C4H7N3/c1-29-13-12-24(28-29)27-25(31)19(14-16-6-9-18(30)10-7-16)17-8-11-23-21(15-17)26-20-4-2-3-5-22(20)34(23,32)33;23-15-8-5-13(6-9-15)11-16(21(24)25)14-7-10-20-18(12-14)22-17-3-1-2-4-19(17)28(20,26)27;1-7-3-2-4(5)6-7/h2-5,8,11-16,26H,6-7,9-10H2,1H3,(H,27,28,31);1-4,7,10-13,22H,5-6,8-9H2,(H,24,25);2-3H,1H3,(H2,5,6)/b19-14+;16-11+;. The first-order valence-electron chi connectivity index (χ1n) is 22.2. The predicted octanol–water partition coefficient (Wildman–Crippen LogP) is 7.90. The van der Waals surface area contributed by atoms with Crippen LogP contribution in [0.25, 0.3) is 11.1 Å². The Kier molecular flexibility index (Phi) is 13.8. The summed E-state index contributed by atoms with van der Waals surface area (Å²) >= 11 is 0. The molecule has 10 rings (SSSR count). The number of carbonyl (C=O) groups is 4. The molecule has 19 heteroatoms. The molecule has 4 aliphatic rings. The number of allylic oxidation sites excluding steroid dienone is 2. The number of Topliss-reactive ketones (excluding diaryl/α,β-unsaturated/α-hetero) is 2. The molecule has 1 amide bonds. The third-order valence-corrected chi connectivity index (χ3v) is 15.9. The van der Waals surface area contributed by atoms with E-state index in [1.807, 2.05) is 13.1 Å². The number of anilines is 6. The molecule has 4 heterocycles. The Labute approximate surface area is 399 Å².